The van der Waals surface area contributed by atoms with Gasteiger partial charge in [0.1, 0.15) is 5.75 Å². The quantitative estimate of drug-likeness (QED) is 0.180. The van der Waals surface area contributed by atoms with Gasteiger partial charge in [-0.05, 0) is 41.6 Å². The Hall–Kier alpha value is -4.80. The fourth-order valence-corrected chi connectivity index (χ4v) is 3.41. The molecule has 2 aromatic carbocycles. The van der Waals surface area contributed by atoms with Gasteiger partial charge in [0.05, 0.1) is 33.6 Å². The Kier molecular flexibility index (Phi) is 7.86. The Labute approximate surface area is 207 Å². The number of rotatable bonds is 7. The molecule has 1 heterocycles. The number of amides is 1. The standard InChI is InChI=1S/C20H12F3N5O8S/c1-35-16(29)8-15-18(30)25-19(37-15)26-24-9-10-2-4-12(5-3-10)36-17-13(27(31)32)6-11(20(21,22)23)7-14(17)28(33)34/h2-9H,1H3,(H,25,26,30)/b15-8+,24-9?. The number of esters is 1. The third-order valence-corrected chi connectivity index (χ3v) is 5.23. The number of carbonyl (C=O) groups is 2. The zero-order valence-corrected chi connectivity index (χ0v) is 19.0. The van der Waals surface area contributed by atoms with Crippen molar-refractivity contribution in [3.8, 4) is 11.5 Å². The molecule has 0 saturated carbocycles. The van der Waals surface area contributed by atoms with E-state index >= 15 is 0 Å². The Morgan fingerprint density at radius 2 is 1.70 bits per heavy atom. The number of nitrogens with zero attached hydrogens (tertiary/aromatic N) is 4. The minimum absolute atomic E-state index is 0.0498. The van der Waals surface area contributed by atoms with E-state index < -0.39 is 50.6 Å². The number of nitro groups is 2. The van der Waals surface area contributed by atoms with E-state index in [0.29, 0.717) is 5.56 Å². The van der Waals surface area contributed by atoms with Crippen molar-refractivity contribution in [2.75, 3.05) is 7.11 Å². The maximum atomic E-state index is 13.0. The molecule has 0 atom stereocenters. The van der Waals surface area contributed by atoms with Gasteiger partial charge in [-0.3, -0.25) is 30.3 Å². The van der Waals surface area contributed by atoms with Crippen LogP contribution in [0.1, 0.15) is 11.1 Å². The highest BCUT2D eigenvalue weighted by Gasteiger charge is 2.38. The van der Waals surface area contributed by atoms with Crippen LogP contribution in [0, 0.1) is 20.2 Å². The van der Waals surface area contributed by atoms with E-state index in [1.165, 1.54) is 30.5 Å². The fraction of sp³-hybridized carbons (Fsp3) is 0.100. The highest BCUT2D eigenvalue weighted by Crippen LogP contribution is 2.44. The van der Waals surface area contributed by atoms with Gasteiger partial charge in [0.2, 0.25) is 0 Å². The number of hydrogen-bond acceptors (Lipinski definition) is 11. The number of carbonyl (C=O) groups excluding carboxylic acids is 2. The molecular formula is C20H12F3N5O8S. The molecule has 1 fully saturated rings. The van der Waals surface area contributed by atoms with Gasteiger partial charge in [-0.1, -0.05) is 0 Å². The first-order valence-corrected chi connectivity index (χ1v) is 10.4. The van der Waals surface area contributed by atoms with Gasteiger partial charge in [0.15, 0.2) is 5.17 Å². The van der Waals surface area contributed by atoms with Gasteiger partial charge in [0, 0.05) is 18.2 Å². The lowest BCUT2D eigenvalue weighted by Crippen LogP contribution is -2.19. The number of halogens is 3. The number of alkyl halides is 3. The van der Waals surface area contributed by atoms with Crippen molar-refractivity contribution in [1.82, 2.24) is 5.32 Å². The van der Waals surface area contributed by atoms with Crippen LogP contribution in [0.25, 0.3) is 0 Å². The number of nitro benzene ring substituents is 2. The third-order valence-electron chi connectivity index (χ3n) is 4.33. The van der Waals surface area contributed by atoms with E-state index in [1.54, 1.807) is 0 Å². The van der Waals surface area contributed by atoms with Crippen LogP contribution in [0.3, 0.4) is 0 Å². The first-order valence-electron chi connectivity index (χ1n) is 9.61. The molecule has 0 aromatic heterocycles. The molecule has 1 aliphatic heterocycles. The molecule has 192 valence electrons. The lowest BCUT2D eigenvalue weighted by Gasteiger charge is -2.11. The summed E-state index contributed by atoms with van der Waals surface area (Å²) in [4.78, 5) is 43.2. The largest absolute Gasteiger partial charge is 0.466 e. The van der Waals surface area contributed by atoms with E-state index in [9.17, 15) is 43.0 Å². The maximum absolute atomic E-state index is 13.0. The number of amidine groups is 1. The van der Waals surface area contributed by atoms with E-state index in [-0.39, 0.29) is 28.0 Å². The molecule has 1 amide bonds. The average molecular weight is 539 g/mol. The van der Waals surface area contributed by atoms with Gasteiger partial charge in [-0.2, -0.15) is 18.3 Å². The normalized spacial score (nSPS) is 15.7. The summed E-state index contributed by atoms with van der Waals surface area (Å²) in [6.07, 6.45) is -2.83. The monoisotopic (exact) mass is 539 g/mol. The van der Waals surface area contributed by atoms with Crippen LogP contribution in [-0.2, 0) is 20.5 Å². The highest BCUT2D eigenvalue weighted by molar-refractivity contribution is 8.18. The van der Waals surface area contributed by atoms with Crippen molar-refractivity contribution in [2.45, 2.75) is 6.18 Å². The Bertz CT molecular complexity index is 1340. The summed E-state index contributed by atoms with van der Waals surface area (Å²) in [6, 6.07) is 5.53. The molecule has 17 heteroatoms. The second-order valence-electron chi connectivity index (χ2n) is 6.76. The zero-order valence-electron chi connectivity index (χ0n) is 18.2. The van der Waals surface area contributed by atoms with Crippen LogP contribution in [0.2, 0.25) is 0 Å². The van der Waals surface area contributed by atoms with Crippen LogP contribution in [-0.4, -0.2) is 40.2 Å². The zero-order chi connectivity index (χ0) is 27.3. The first-order chi connectivity index (χ1) is 17.4. The van der Waals surface area contributed by atoms with Crippen molar-refractivity contribution in [2.24, 2.45) is 10.2 Å². The van der Waals surface area contributed by atoms with Crippen LogP contribution < -0.4 is 10.1 Å². The number of ether oxygens (including phenoxy) is 2. The summed E-state index contributed by atoms with van der Waals surface area (Å²) in [5, 5.41) is 32.6. The summed E-state index contributed by atoms with van der Waals surface area (Å²) < 4.78 is 48.7. The Morgan fingerprint density at radius 3 is 2.22 bits per heavy atom. The molecule has 2 aromatic rings. The molecule has 1 N–H and O–H groups in total. The first kappa shape index (κ1) is 26.8. The number of nitrogens with one attached hydrogen (secondary N) is 1. The average Bonchev–Trinajstić information content (AvgIpc) is 3.17. The summed E-state index contributed by atoms with van der Waals surface area (Å²) in [5.41, 5.74) is -3.64. The highest BCUT2D eigenvalue weighted by atomic mass is 32.2. The summed E-state index contributed by atoms with van der Waals surface area (Å²) in [7, 11) is 1.15. The SMILES string of the molecule is COC(=O)/C=C1/S/C(=N\N=Cc2ccc(Oc3c([N+](=O)[O-])cc(C(F)(F)F)cc3[N+](=O)[O-])cc2)NC1=O. The molecule has 0 unspecified atom stereocenters. The van der Waals surface area contributed by atoms with Crippen LogP contribution in [0.5, 0.6) is 11.5 Å². The molecule has 1 saturated heterocycles. The predicted molar refractivity (Wildman–Crippen MR) is 122 cm³/mol. The van der Waals surface area contributed by atoms with Crippen molar-refractivity contribution < 1.29 is 42.1 Å². The molecular weight excluding hydrogens is 527 g/mol. The van der Waals surface area contributed by atoms with Crippen LogP contribution >= 0.6 is 11.8 Å². The Balaban J connectivity index is 1.80. The smallest absolute Gasteiger partial charge is 0.416 e. The molecule has 13 nitrogen and oxygen atoms in total. The maximum Gasteiger partial charge on any atom is 0.416 e. The molecule has 0 radical (unpaired) electrons. The number of benzene rings is 2. The van der Waals surface area contributed by atoms with Gasteiger partial charge >= 0.3 is 23.5 Å². The second kappa shape index (κ2) is 10.9. The summed E-state index contributed by atoms with van der Waals surface area (Å²) in [5.74, 6) is -2.42. The summed E-state index contributed by atoms with van der Waals surface area (Å²) in [6.45, 7) is 0. The van der Waals surface area contributed by atoms with Crippen LogP contribution in [0.15, 0.2) is 57.6 Å². The Morgan fingerprint density at radius 1 is 1.11 bits per heavy atom. The fourth-order valence-electron chi connectivity index (χ4n) is 2.67. The van der Waals surface area contributed by atoms with E-state index in [4.69, 9.17) is 4.74 Å². The van der Waals surface area contributed by atoms with E-state index in [2.05, 4.69) is 20.3 Å². The van der Waals surface area contributed by atoms with Crippen molar-refractivity contribution in [1.29, 1.82) is 0 Å². The number of thioether (sulfide) groups is 1. The van der Waals surface area contributed by atoms with E-state index in [1.807, 2.05) is 0 Å². The minimum Gasteiger partial charge on any atom is -0.466 e. The number of hydrogen-bond donors (Lipinski definition) is 1. The topological polar surface area (TPSA) is 176 Å². The van der Waals surface area contributed by atoms with E-state index in [0.717, 1.165) is 24.9 Å². The molecule has 0 spiro atoms. The molecule has 0 bridgehead atoms. The van der Waals surface area contributed by atoms with Gasteiger partial charge in [0.25, 0.3) is 11.7 Å². The predicted octanol–water partition coefficient (Wildman–Crippen LogP) is 3.92. The van der Waals surface area contributed by atoms with Crippen LogP contribution in [0.4, 0.5) is 24.5 Å². The molecule has 0 aliphatic carbocycles. The second-order valence-corrected chi connectivity index (χ2v) is 7.80. The van der Waals surface area contributed by atoms with Gasteiger partial charge < -0.3 is 9.47 Å². The van der Waals surface area contributed by atoms with Gasteiger partial charge in [-0.15, -0.1) is 5.10 Å². The van der Waals surface area contributed by atoms with Gasteiger partial charge in [-0.25, -0.2) is 4.79 Å². The minimum atomic E-state index is -5.06. The van der Waals surface area contributed by atoms with Crippen molar-refractivity contribution in [3.63, 3.8) is 0 Å². The number of methoxy groups -OCH3 is 1. The third kappa shape index (κ3) is 6.66. The van der Waals surface area contributed by atoms with Crippen molar-refractivity contribution in [3.05, 3.63) is 78.7 Å². The molecule has 37 heavy (non-hydrogen) atoms. The molecule has 1 aliphatic rings. The lowest BCUT2D eigenvalue weighted by atomic mass is 10.1. The van der Waals surface area contributed by atoms with Crippen molar-refractivity contribution >= 4 is 46.4 Å². The molecule has 3 rings (SSSR count). The lowest BCUT2D eigenvalue weighted by molar-refractivity contribution is -0.396. The summed E-state index contributed by atoms with van der Waals surface area (Å²) >= 11 is 0.846.